The van der Waals surface area contributed by atoms with Crippen LogP contribution in [-0.4, -0.2) is 15.6 Å². The van der Waals surface area contributed by atoms with E-state index in [0.29, 0.717) is 5.54 Å². The fourth-order valence-electron chi connectivity index (χ4n) is 1.19. The predicted molar refractivity (Wildman–Crippen MR) is 50.4 cm³/mol. The highest BCUT2D eigenvalue weighted by atomic mass is 16.3. The van der Waals surface area contributed by atoms with Crippen LogP contribution in [0, 0.1) is 0 Å². The van der Waals surface area contributed by atoms with E-state index in [0.717, 1.165) is 12.2 Å². The molecule has 3 nitrogen and oxygen atoms in total. The van der Waals surface area contributed by atoms with Gasteiger partial charge in [0, 0.05) is 12.1 Å². The molecule has 1 aliphatic carbocycles. The number of rotatable bonds is 3. The van der Waals surface area contributed by atoms with Gasteiger partial charge in [-0.25, -0.2) is 0 Å². The maximum absolute atomic E-state index is 9.01. The summed E-state index contributed by atoms with van der Waals surface area (Å²) in [5, 5.41) is 12.4. The van der Waals surface area contributed by atoms with Crippen LogP contribution in [0.5, 0.6) is 5.75 Å². The van der Waals surface area contributed by atoms with E-state index in [-0.39, 0.29) is 5.75 Å². The Kier molecular flexibility index (Phi) is 1.96. The topological polar surface area (TPSA) is 45.1 Å². The summed E-state index contributed by atoms with van der Waals surface area (Å²) in [7, 11) is 0. The number of aromatic hydroxyl groups is 1. The first-order valence-electron chi connectivity index (χ1n) is 4.57. The van der Waals surface area contributed by atoms with Crippen LogP contribution in [0.25, 0.3) is 0 Å². The van der Waals surface area contributed by atoms with E-state index >= 15 is 0 Å². The predicted octanol–water partition coefficient (Wildman–Crippen LogP) is 1.43. The molecule has 0 aromatic carbocycles. The minimum Gasteiger partial charge on any atom is -0.506 e. The van der Waals surface area contributed by atoms with Gasteiger partial charge in [-0.05, 0) is 31.9 Å². The van der Waals surface area contributed by atoms with Crippen molar-refractivity contribution in [1.82, 2.24) is 10.3 Å². The van der Waals surface area contributed by atoms with Gasteiger partial charge in [0.1, 0.15) is 5.75 Å². The lowest BCUT2D eigenvalue weighted by molar-refractivity contribution is 0.470. The zero-order valence-corrected chi connectivity index (χ0v) is 7.75. The van der Waals surface area contributed by atoms with Gasteiger partial charge >= 0.3 is 0 Å². The van der Waals surface area contributed by atoms with Crippen molar-refractivity contribution < 1.29 is 5.11 Å². The Morgan fingerprint density at radius 1 is 1.54 bits per heavy atom. The average Bonchev–Trinajstić information content (AvgIpc) is 2.84. The van der Waals surface area contributed by atoms with Crippen molar-refractivity contribution in [2.75, 3.05) is 0 Å². The Balaban J connectivity index is 1.91. The number of nitrogens with one attached hydrogen (secondary N) is 1. The summed E-state index contributed by atoms with van der Waals surface area (Å²) in [6, 6.07) is 3.51. The molecule has 2 rings (SSSR count). The molecule has 1 heterocycles. The van der Waals surface area contributed by atoms with E-state index in [1.807, 2.05) is 6.07 Å². The van der Waals surface area contributed by atoms with Gasteiger partial charge in [0.15, 0.2) is 0 Å². The number of hydrogen-bond donors (Lipinski definition) is 2. The zero-order chi connectivity index (χ0) is 9.31. The minimum absolute atomic E-state index is 0.224. The van der Waals surface area contributed by atoms with Crippen LogP contribution in [0.1, 0.15) is 25.5 Å². The molecule has 1 saturated carbocycles. The highest BCUT2D eigenvalue weighted by Crippen LogP contribution is 2.34. The Morgan fingerprint density at radius 2 is 2.31 bits per heavy atom. The van der Waals surface area contributed by atoms with Gasteiger partial charge in [-0.3, -0.25) is 4.98 Å². The van der Waals surface area contributed by atoms with Crippen molar-refractivity contribution in [3.05, 3.63) is 24.0 Å². The molecule has 13 heavy (non-hydrogen) atoms. The van der Waals surface area contributed by atoms with Crippen molar-refractivity contribution in [1.29, 1.82) is 0 Å². The molecule has 0 saturated heterocycles. The average molecular weight is 178 g/mol. The first-order chi connectivity index (χ1) is 6.18. The summed E-state index contributed by atoms with van der Waals surface area (Å²) in [6.07, 6.45) is 3.99. The normalized spacial score (nSPS) is 18.5. The molecule has 0 radical (unpaired) electrons. The van der Waals surface area contributed by atoms with Crippen LogP contribution in [0.4, 0.5) is 0 Å². The van der Waals surface area contributed by atoms with Crippen LogP contribution < -0.4 is 5.32 Å². The van der Waals surface area contributed by atoms with Crippen molar-refractivity contribution in [3.8, 4) is 5.75 Å². The minimum atomic E-state index is 0.224. The van der Waals surface area contributed by atoms with Crippen molar-refractivity contribution >= 4 is 0 Å². The first kappa shape index (κ1) is 8.51. The summed E-state index contributed by atoms with van der Waals surface area (Å²) in [6.45, 7) is 3.00. The highest BCUT2D eigenvalue weighted by Gasteiger charge is 2.36. The zero-order valence-electron chi connectivity index (χ0n) is 7.75. The van der Waals surface area contributed by atoms with Gasteiger partial charge in [-0.1, -0.05) is 0 Å². The molecule has 0 bridgehead atoms. The molecule has 0 unspecified atom stereocenters. The number of hydrogen-bond acceptors (Lipinski definition) is 3. The van der Waals surface area contributed by atoms with E-state index < -0.39 is 0 Å². The van der Waals surface area contributed by atoms with Crippen LogP contribution in [0.15, 0.2) is 18.3 Å². The third-order valence-electron chi connectivity index (χ3n) is 2.51. The van der Waals surface area contributed by atoms with Gasteiger partial charge in [-0.15, -0.1) is 0 Å². The smallest absolute Gasteiger partial charge is 0.133 e. The van der Waals surface area contributed by atoms with Crippen molar-refractivity contribution in [2.24, 2.45) is 0 Å². The summed E-state index contributed by atoms with van der Waals surface area (Å²) >= 11 is 0. The molecule has 1 aromatic heterocycles. The fraction of sp³-hybridized carbons (Fsp3) is 0.500. The van der Waals surface area contributed by atoms with Gasteiger partial charge in [-0.2, -0.15) is 0 Å². The molecule has 1 aliphatic rings. The largest absolute Gasteiger partial charge is 0.506 e. The van der Waals surface area contributed by atoms with E-state index in [1.54, 1.807) is 6.07 Å². The summed E-state index contributed by atoms with van der Waals surface area (Å²) in [5.41, 5.74) is 1.32. The third kappa shape index (κ3) is 2.18. The highest BCUT2D eigenvalue weighted by molar-refractivity contribution is 5.18. The molecule has 1 aromatic rings. The molecule has 3 heteroatoms. The van der Waals surface area contributed by atoms with Gasteiger partial charge in [0.2, 0.25) is 0 Å². The van der Waals surface area contributed by atoms with Crippen LogP contribution in [-0.2, 0) is 6.54 Å². The van der Waals surface area contributed by atoms with Crippen LogP contribution in [0.2, 0.25) is 0 Å². The molecule has 0 atom stereocenters. The monoisotopic (exact) mass is 178 g/mol. The quantitative estimate of drug-likeness (QED) is 0.736. The van der Waals surface area contributed by atoms with Crippen molar-refractivity contribution in [2.45, 2.75) is 31.8 Å². The summed E-state index contributed by atoms with van der Waals surface area (Å²) in [4.78, 5) is 4.10. The Labute approximate surface area is 77.8 Å². The molecule has 0 spiro atoms. The Morgan fingerprint density at radius 3 is 2.85 bits per heavy atom. The molecular formula is C10H14N2O. The van der Waals surface area contributed by atoms with Crippen LogP contribution in [0.3, 0.4) is 0 Å². The van der Waals surface area contributed by atoms with Crippen LogP contribution >= 0.6 is 0 Å². The van der Waals surface area contributed by atoms with E-state index in [4.69, 9.17) is 5.11 Å². The summed E-state index contributed by atoms with van der Waals surface area (Å²) in [5.74, 6) is 0.224. The third-order valence-corrected chi connectivity index (χ3v) is 2.51. The SMILES string of the molecule is CC1(NCc2ccc(O)cn2)CC1. The number of nitrogens with zero attached hydrogens (tertiary/aromatic N) is 1. The van der Waals surface area contributed by atoms with E-state index in [1.165, 1.54) is 19.0 Å². The maximum atomic E-state index is 9.01. The lowest BCUT2D eigenvalue weighted by Crippen LogP contribution is -2.27. The second-order valence-electron chi connectivity index (χ2n) is 3.92. The second-order valence-corrected chi connectivity index (χ2v) is 3.92. The molecule has 0 aliphatic heterocycles. The molecule has 1 fully saturated rings. The fourth-order valence-corrected chi connectivity index (χ4v) is 1.19. The molecule has 70 valence electrons. The molecule has 2 N–H and O–H groups in total. The van der Waals surface area contributed by atoms with E-state index in [9.17, 15) is 0 Å². The first-order valence-corrected chi connectivity index (χ1v) is 4.57. The standard InChI is InChI=1S/C10H14N2O/c1-10(4-5-10)12-6-8-2-3-9(13)7-11-8/h2-3,7,12-13H,4-6H2,1H3. The lowest BCUT2D eigenvalue weighted by Gasteiger charge is -2.10. The van der Waals surface area contributed by atoms with Gasteiger partial charge in [0.05, 0.1) is 11.9 Å². The lowest BCUT2D eigenvalue weighted by atomic mass is 10.3. The van der Waals surface area contributed by atoms with E-state index in [2.05, 4.69) is 17.2 Å². The Hall–Kier alpha value is -1.09. The Bertz CT molecular complexity index is 290. The van der Waals surface area contributed by atoms with Gasteiger partial charge < -0.3 is 10.4 Å². The number of aromatic nitrogens is 1. The second kappa shape index (κ2) is 3.00. The van der Waals surface area contributed by atoms with Gasteiger partial charge in [0.25, 0.3) is 0 Å². The van der Waals surface area contributed by atoms with Crippen molar-refractivity contribution in [3.63, 3.8) is 0 Å². The number of pyridine rings is 1. The molecular weight excluding hydrogens is 164 g/mol. The maximum Gasteiger partial charge on any atom is 0.133 e. The summed E-state index contributed by atoms with van der Waals surface area (Å²) < 4.78 is 0. The molecule has 0 amide bonds.